The van der Waals surface area contributed by atoms with E-state index in [9.17, 15) is 0 Å². The zero-order valence-corrected chi connectivity index (χ0v) is 9.40. The molecule has 0 aromatic carbocycles. The van der Waals surface area contributed by atoms with Gasteiger partial charge in [-0.3, -0.25) is 0 Å². The molecule has 0 fully saturated rings. The molecule has 0 heterocycles. The number of aliphatic hydroxyl groups excluding tert-OH is 1. The maximum Gasteiger partial charge on any atom is 0.0448 e. The van der Waals surface area contributed by atoms with Crippen LogP contribution in [0.3, 0.4) is 0 Å². The Hall–Kier alpha value is -0.0800. The smallest absolute Gasteiger partial charge is 0.0448 e. The van der Waals surface area contributed by atoms with Crippen LogP contribution in [0.25, 0.3) is 0 Å². The van der Waals surface area contributed by atoms with Gasteiger partial charge in [-0.25, -0.2) is 0 Å². The molecule has 1 atom stereocenters. The van der Waals surface area contributed by atoms with Crippen LogP contribution in [0.15, 0.2) is 0 Å². The second-order valence-electron chi connectivity index (χ2n) is 3.74. The van der Waals surface area contributed by atoms with Gasteiger partial charge in [0.1, 0.15) is 0 Å². The van der Waals surface area contributed by atoms with Gasteiger partial charge in [0.05, 0.1) is 0 Å². The lowest BCUT2D eigenvalue weighted by Gasteiger charge is -2.33. The highest BCUT2D eigenvalue weighted by atomic mass is 16.3. The number of hydrogen-bond acceptors (Lipinski definition) is 2. The molecule has 0 aliphatic rings. The van der Waals surface area contributed by atoms with E-state index in [0.717, 1.165) is 19.4 Å². The fraction of sp³-hybridized carbons (Fsp3) is 1.00. The standard InChI is InChI=1S/C11H25NO/c1-4-7-8-11(5-2,9-10-13)12-6-3/h12-13H,4-10H2,1-3H3. The summed E-state index contributed by atoms with van der Waals surface area (Å²) in [5.41, 5.74) is 0.194. The molecule has 0 radical (unpaired) electrons. The van der Waals surface area contributed by atoms with Crippen molar-refractivity contribution in [1.29, 1.82) is 0 Å². The fourth-order valence-corrected chi connectivity index (χ4v) is 1.88. The molecule has 0 saturated carbocycles. The Morgan fingerprint density at radius 1 is 1.15 bits per heavy atom. The zero-order valence-electron chi connectivity index (χ0n) is 9.40. The molecule has 0 aliphatic heterocycles. The van der Waals surface area contributed by atoms with E-state index in [0.29, 0.717) is 6.61 Å². The first-order chi connectivity index (χ1) is 6.24. The first-order valence-electron chi connectivity index (χ1n) is 5.60. The highest BCUT2D eigenvalue weighted by Crippen LogP contribution is 2.22. The molecule has 80 valence electrons. The Bertz CT molecular complexity index is 109. The van der Waals surface area contributed by atoms with Crippen LogP contribution in [0.4, 0.5) is 0 Å². The van der Waals surface area contributed by atoms with Crippen LogP contribution in [-0.4, -0.2) is 23.8 Å². The predicted octanol–water partition coefficient (Wildman–Crippen LogP) is 2.32. The molecular formula is C11H25NO. The molecule has 0 rings (SSSR count). The minimum atomic E-state index is 0.194. The molecule has 0 aromatic rings. The summed E-state index contributed by atoms with van der Waals surface area (Å²) in [5, 5.41) is 12.5. The maximum absolute atomic E-state index is 9.02. The normalized spacial score (nSPS) is 15.7. The first kappa shape index (κ1) is 12.9. The van der Waals surface area contributed by atoms with E-state index in [1.165, 1.54) is 19.3 Å². The molecule has 0 saturated heterocycles. The summed E-state index contributed by atoms with van der Waals surface area (Å²) in [7, 11) is 0. The quantitative estimate of drug-likeness (QED) is 0.611. The SMILES string of the molecule is CCCCC(CC)(CCO)NCC. The van der Waals surface area contributed by atoms with Gasteiger partial charge in [-0.05, 0) is 25.8 Å². The Labute approximate surface area is 82.7 Å². The zero-order chi connectivity index (χ0) is 10.2. The van der Waals surface area contributed by atoms with Gasteiger partial charge < -0.3 is 10.4 Å². The monoisotopic (exact) mass is 187 g/mol. The number of hydrogen-bond donors (Lipinski definition) is 2. The summed E-state index contributed by atoms with van der Waals surface area (Å²) in [6.45, 7) is 7.84. The van der Waals surface area contributed by atoms with E-state index in [-0.39, 0.29) is 5.54 Å². The van der Waals surface area contributed by atoms with Crippen molar-refractivity contribution >= 4 is 0 Å². The second kappa shape index (κ2) is 7.34. The third-order valence-corrected chi connectivity index (χ3v) is 2.83. The maximum atomic E-state index is 9.02. The molecule has 2 nitrogen and oxygen atoms in total. The highest BCUT2D eigenvalue weighted by molar-refractivity contribution is 4.85. The summed E-state index contributed by atoms with van der Waals surface area (Å²) in [5.74, 6) is 0. The van der Waals surface area contributed by atoms with Crippen LogP contribution < -0.4 is 5.32 Å². The van der Waals surface area contributed by atoms with Crippen LogP contribution in [0.1, 0.15) is 52.9 Å². The second-order valence-corrected chi connectivity index (χ2v) is 3.74. The first-order valence-corrected chi connectivity index (χ1v) is 5.60. The van der Waals surface area contributed by atoms with Crippen molar-refractivity contribution in [3.63, 3.8) is 0 Å². The number of rotatable bonds is 8. The minimum absolute atomic E-state index is 0.194. The van der Waals surface area contributed by atoms with Crippen molar-refractivity contribution in [2.75, 3.05) is 13.2 Å². The topological polar surface area (TPSA) is 32.3 Å². The highest BCUT2D eigenvalue weighted by Gasteiger charge is 2.24. The van der Waals surface area contributed by atoms with Gasteiger partial charge in [0, 0.05) is 12.1 Å². The molecule has 13 heavy (non-hydrogen) atoms. The van der Waals surface area contributed by atoms with Crippen molar-refractivity contribution in [2.24, 2.45) is 0 Å². The van der Waals surface area contributed by atoms with Gasteiger partial charge in [-0.2, -0.15) is 0 Å². The van der Waals surface area contributed by atoms with Crippen LogP contribution in [0.2, 0.25) is 0 Å². The van der Waals surface area contributed by atoms with E-state index in [2.05, 4.69) is 26.1 Å². The summed E-state index contributed by atoms with van der Waals surface area (Å²) >= 11 is 0. The van der Waals surface area contributed by atoms with Crippen molar-refractivity contribution in [1.82, 2.24) is 5.32 Å². The Balaban J connectivity index is 4.07. The molecule has 2 heteroatoms. The summed E-state index contributed by atoms with van der Waals surface area (Å²) in [4.78, 5) is 0. The predicted molar refractivity (Wildman–Crippen MR) is 57.9 cm³/mol. The number of nitrogens with one attached hydrogen (secondary N) is 1. The molecule has 2 N–H and O–H groups in total. The lowest BCUT2D eigenvalue weighted by atomic mass is 9.86. The van der Waals surface area contributed by atoms with Crippen molar-refractivity contribution in [2.45, 2.75) is 58.4 Å². The van der Waals surface area contributed by atoms with Gasteiger partial charge in [0.25, 0.3) is 0 Å². The van der Waals surface area contributed by atoms with Gasteiger partial charge in [0.15, 0.2) is 0 Å². The van der Waals surface area contributed by atoms with Crippen molar-refractivity contribution in [3.05, 3.63) is 0 Å². The molecule has 0 bridgehead atoms. The van der Waals surface area contributed by atoms with Crippen LogP contribution >= 0.6 is 0 Å². The van der Waals surface area contributed by atoms with E-state index in [1.54, 1.807) is 0 Å². The van der Waals surface area contributed by atoms with Gasteiger partial charge in [-0.15, -0.1) is 0 Å². The average molecular weight is 187 g/mol. The molecule has 0 amide bonds. The fourth-order valence-electron chi connectivity index (χ4n) is 1.88. The number of unbranched alkanes of at least 4 members (excludes halogenated alkanes) is 1. The third-order valence-electron chi connectivity index (χ3n) is 2.83. The number of aliphatic hydroxyl groups is 1. The van der Waals surface area contributed by atoms with Crippen molar-refractivity contribution in [3.8, 4) is 0 Å². The van der Waals surface area contributed by atoms with Crippen molar-refractivity contribution < 1.29 is 5.11 Å². The van der Waals surface area contributed by atoms with Crippen LogP contribution in [-0.2, 0) is 0 Å². The molecular weight excluding hydrogens is 162 g/mol. The van der Waals surface area contributed by atoms with Crippen LogP contribution in [0, 0.1) is 0 Å². The van der Waals surface area contributed by atoms with Gasteiger partial charge >= 0.3 is 0 Å². The summed E-state index contributed by atoms with van der Waals surface area (Å²) in [6.07, 6.45) is 5.67. The van der Waals surface area contributed by atoms with Crippen LogP contribution in [0.5, 0.6) is 0 Å². The molecule has 0 aliphatic carbocycles. The molecule has 0 spiro atoms. The lowest BCUT2D eigenvalue weighted by molar-refractivity contribution is 0.193. The van der Waals surface area contributed by atoms with Gasteiger partial charge in [-0.1, -0.05) is 33.6 Å². The van der Waals surface area contributed by atoms with Gasteiger partial charge in [0.2, 0.25) is 0 Å². The molecule has 0 aromatic heterocycles. The third kappa shape index (κ3) is 4.63. The largest absolute Gasteiger partial charge is 0.396 e. The van der Waals surface area contributed by atoms with E-state index >= 15 is 0 Å². The minimum Gasteiger partial charge on any atom is -0.396 e. The summed E-state index contributed by atoms with van der Waals surface area (Å²) in [6, 6.07) is 0. The van der Waals surface area contributed by atoms with E-state index in [4.69, 9.17) is 5.11 Å². The lowest BCUT2D eigenvalue weighted by Crippen LogP contribution is -2.45. The average Bonchev–Trinajstić information content (AvgIpc) is 2.15. The summed E-state index contributed by atoms with van der Waals surface area (Å²) < 4.78 is 0. The Kier molecular flexibility index (Phi) is 7.29. The Morgan fingerprint density at radius 3 is 2.23 bits per heavy atom. The Morgan fingerprint density at radius 2 is 1.85 bits per heavy atom. The molecule has 1 unspecified atom stereocenters. The van der Waals surface area contributed by atoms with E-state index in [1.807, 2.05) is 0 Å². The van der Waals surface area contributed by atoms with E-state index < -0.39 is 0 Å².